The summed E-state index contributed by atoms with van der Waals surface area (Å²) >= 11 is 6.43. The van der Waals surface area contributed by atoms with E-state index in [2.05, 4.69) is 5.32 Å². The zero-order valence-electron chi connectivity index (χ0n) is 8.68. The second-order valence-electron chi connectivity index (χ2n) is 3.12. The van der Waals surface area contributed by atoms with Crippen LogP contribution in [0.25, 0.3) is 0 Å². The highest BCUT2D eigenvalue weighted by molar-refractivity contribution is 8.22. The number of thiocarbonyl (C=S) groups is 1. The summed E-state index contributed by atoms with van der Waals surface area (Å²) in [5.74, 6) is -0.283. The molecule has 3 nitrogen and oxygen atoms in total. The van der Waals surface area contributed by atoms with Crippen LogP contribution in [0, 0.1) is 0 Å². The Morgan fingerprint density at radius 3 is 2.69 bits per heavy atom. The minimum atomic E-state index is -0.793. The van der Waals surface area contributed by atoms with Crippen molar-refractivity contribution in [2.24, 2.45) is 0 Å². The van der Waals surface area contributed by atoms with Crippen LogP contribution in [0.5, 0.6) is 0 Å². The molecule has 1 aromatic rings. The van der Waals surface area contributed by atoms with Gasteiger partial charge in [0.05, 0.1) is 6.42 Å². The summed E-state index contributed by atoms with van der Waals surface area (Å²) in [5.41, 5.74) is 1.16. The first kappa shape index (κ1) is 13.0. The van der Waals surface area contributed by atoms with Crippen LogP contribution < -0.4 is 5.32 Å². The quantitative estimate of drug-likeness (QED) is 0.790. The number of carbonyl (C=O) groups is 1. The normalized spacial score (nSPS) is 9.75. The number of benzene rings is 1. The third kappa shape index (κ3) is 5.72. The minimum Gasteiger partial charge on any atom is -0.481 e. The molecular formula is C11H13NO2S2. The molecule has 1 rings (SSSR count). The molecule has 0 amide bonds. The molecule has 0 heterocycles. The van der Waals surface area contributed by atoms with Crippen LogP contribution in [0.4, 0.5) is 0 Å². The van der Waals surface area contributed by atoms with Gasteiger partial charge in [-0.2, -0.15) is 0 Å². The lowest BCUT2D eigenvalue weighted by Gasteiger charge is -2.06. The molecule has 0 saturated heterocycles. The zero-order valence-corrected chi connectivity index (χ0v) is 10.3. The fraction of sp³-hybridized carbons (Fsp3) is 0.273. The van der Waals surface area contributed by atoms with Crippen molar-refractivity contribution in [3.8, 4) is 0 Å². The molecule has 0 aliphatic carbocycles. The molecule has 0 aliphatic rings. The van der Waals surface area contributed by atoms with Gasteiger partial charge in [0, 0.05) is 12.3 Å². The summed E-state index contributed by atoms with van der Waals surface area (Å²) in [4.78, 5) is 10.3. The Balaban J connectivity index is 2.18. The van der Waals surface area contributed by atoms with Gasteiger partial charge in [-0.25, -0.2) is 0 Å². The number of carboxylic acids is 1. The average Bonchev–Trinajstić information content (AvgIpc) is 2.27. The molecule has 0 saturated carbocycles. The van der Waals surface area contributed by atoms with E-state index in [0.29, 0.717) is 16.6 Å². The van der Waals surface area contributed by atoms with E-state index in [9.17, 15) is 4.79 Å². The lowest BCUT2D eigenvalue weighted by Crippen LogP contribution is -2.18. The molecule has 0 aromatic heterocycles. The number of hydrogen-bond donors (Lipinski definition) is 2. The van der Waals surface area contributed by atoms with Crippen molar-refractivity contribution in [3.63, 3.8) is 0 Å². The van der Waals surface area contributed by atoms with Gasteiger partial charge in [0.25, 0.3) is 0 Å². The Morgan fingerprint density at radius 2 is 2.06 bits per heavy atom. The van der Waals surface area contributed by atoms with E-state index in [0.717, 1.165) is 5.56 Å². The number of nitrogens with one attached hydrogen (secondary N) is 1. The molecular weight excluding hydrogens is 242 g/mol. The predicted molar refractivity (Wildman–Crippen MR) is 70.6 cm³/mol. The van der Waals surface area contributed by atoms with Gasteiger partial charge in [0.1, 0.15) is 4.32 Å². The van der Waals surface area contributed by atoms with E-state index in [1.165, 1.54) is 11.8 Å². The van der Waals surface area contributed by atoms with Crippen molar-refractivity contribution in [2.45, 2.75) is 13.0 Å². The van der Waals surface area contributed by atoms with E-state index < -0.39 is 5.97 Å². The molecule has 0 radical (unpaired) electrons. The molecule has 0 spiro atoms. The van der Waals surface area contributed by atoms with Gasteiger partial charge >= 0.3 is 5.97 Å². The summed E-state index contributed by atoms with van der Waals surface area (Å²) in [7, 11) is 0. The van der Waals surface area contributed by atoms with Gasteiger partial charge < -0.3 is 10.4 Å². The summed E-state index contributed by atoms with van der Waals surface area (Å²) in [6.07, 6.45) is 0.137. The van der Waals surface area contributed by atoms with Gasteiger partial charge in [0.15, 0.2) is 0 Å². The van der Waals surface area contributed by atoms with Crippen LogP contribution in [0.3, 0.4) is 0 Å². The lowest BCUT2D eigenvalue weighted by atomic mass is 10.2. The Labute approximate surface area is 104 Å². The Bertz CT molecular complexity index is 354. The van der Waals surface area contributed by atoms with Crippen LogP contribution >= 0.6 is 24.0 Å². The summed E-state index contributed by atoms with van der Waals surface area (Å²) in [5, 5.41) is 11.5. The zero-order chi connectivity index (χ0) is 11.8. The molecule has 16 heavy (non-hydrogen) atoms. The fourth-order valence-corrected chi connectivity index (χ4v) is 2.01. The second-order valence-corrected chi connectivity index (χ2v) is 4.89. The van der Waals surface area contributed by atoms with Crippen molar-refractivity contribution in [3.05, 3.63) is 35.9 Å². The van der Waals surface area contributed by atoms with Gasteiger partial charge in [-0.1, -0.05) is 54.3 Å². The third-order valence-corrected chi connectivity index (χ3v) is 3.14. The van der Waals surface area contributed by atoms with Crippen molar-refractivity contribution in [1.82, 2.24) is 5.32 Å². The maximum absolute atomic E-state index is 10.3. The van der Waals surface area contributed by atoms with Crippen molar-refractivity contribution >= 4 is 34.3 Å². The minimum absolute atomic E-state index is 0.137. The largest absolute Gasteiger partial charge is 0.481 e. The smallest absolute Gasteiger partial charge is 0.304 e. The number of hydrogen-bond acceptors (Lipinski definition) is 3. The molecule has 5 heteroatoms. The van der Waals surface area contributed by atoms with Crippen LogP contribution in [-0.4, -0.2) is 21.1 Å². The predicted octanol–water partition coefficient (Wildman–Crippen LogP) is 2.27. The van der Waals surface area contributed by atoms with Gasteiger partial charge in [-0.05, 0) is 5.56 Å². The van der Waals surface area contributed by atoms with E-state index in [1.807, 2.05) is 30.3 Å². The first-order chi connectivity index (χ1) is 7.68. The first-order valence-corrected chi connectivity index (χ1v) is 6.24. The molecule has 2 N–H and O–H groups in total. The van der Waals surface area contributed by atoms with Crippen LogP contribution in [0.15, 0.2) is 30.3 Å². The number of rotatable bonds is 5. The van der Waals surface area contributed by atoms with E-state index in [4.69, 9.17) is 17.3 Å². The molecule has 0 unspecified atom stereocenters. The highest BCUT2D eigenvalue weighted by Crippen LogP contribution is 2.05. The Kier molecular flexibility index (Phi) is 5.88. The first-order valence-electron chi connectivity index (χ1n) is 4.85. The Morgan fingerprint density at radius 1 is 1.38 bits per heavy atom. The summed E-state index contributed by atoms with van der Waals surface area (Å²) in [6, 6.07) is 9.92. The maximum Gasteiger partial charge on any atom is 0.304 e. The third-order valence-electron chi connectivity index (χ3n) is 1.83. The number of aliphatic carboxylic acids is 1. The molecule has 1 aromatic carbocycles. The average molecular weight is 255 g/mol. The van der Waals surface area contributed by atoms with Crippen LogP contribution in [0.1, 0.15) is 12.0 Å². The second kappa shape index (κ2) is 7.24. The van der Waals surface area contributed by atoms with Crippen molar-refractivity contribution in [2.75, 3.05) is 5.75 Å². The van der Waals surface area contributed by atoms with Crippen molar-refractivity contribution in [1.29, 1.82) is 0 Å². The standard InChI is InChI=1S/C11H13NO2S2/c13-10(14)6-7-16-11(15)12-8-9-4-2-1-3-5-9/h1-5H,6-8H2,(H,12,15)(H,13,14). The SMILES string of the molecule is O=C(O)CCSC(=S)NCc1ccccc1. The van der Waals surface area contributed by atoms with Gasteiger partial charge in [-0.3, -0.25) is 4.79 Å². The fourth-order valence-electron chi connectivity index (χ4n) is 1.05. The highest BCUT2D eigenvalue weighted by Gasteiger charge is 2.00. The van der Waals surface area contributed by atoms with E-state index >= 15 is 0 Å². The number of thioether (sulfide) groups is 1. The highest BCUT2D eigenvalue weighted by atomic mass is 32.2. The summed E-state index contributed by atoms with van der Waals surface area (Å²) in [6.45, 7) is 0.680. The summed E-state index contributed by atoms with van der Waals surface area (Å²) < 4.78 is 0.644. The molecule has 0 fully saturated rings. The van der Waals surface area contributed by atoms with Crippen LogP contribution in [-0.2, 0) is 11.3 Å². The molecule has 0 bridgehead atoms. The monoisotopic (exact) mass is 255 g/mol. The van der Waals surface area contributed by atoms with Crippen molar-refractivity contribution < 1.29 is 9.90 Å². The maximum atomic E-state index is 10.3. The molecule has 86 valence electrons. The van der Waals surface area contributed by atoms with Crippen LogP contribution in [0.2, 0.25) is 0 Å². The molecule has 0 aliphatic heterocycles. The van der Waals surface area contributed by atoms with E-state index in [-0.39, 0.29) is 6.42 Å². The topological polar surface area (TPSA) is 49.3 Å². The van der Waals surface area contributed by atoms with Gasteiger partial charge in [-0.15, -0.1) is 0 Å². The van der Waals surface area contributed by atoms with E-state index in [1.54, 1.807) is 0 Å². The van der Waals surface area contributed by atoms with Gasteiger partial charge in [0.2, 0.25) is 0 Å². The lowest BCUT2D eigenvalue weighted by molar-refractivity contribution is -0.136. The number of carboxylic acid groups (broad SMARTS) is 1. The molecule has 0 atom stereocenters. The Hall–Kier alpha value is -1.07.